The number of hydrogen-bond acceptors (Lipinski definition) is 6. The van der Waals surface area contributed by atoms with E-state index in [9.17, 15) is 13.5 Å². The maximum Gasteiger partial charge on any atom is 0.345 e. The Bertz CT molecular complexity index is 1470. The molecule has 0 saturated carbocycles. The molecule has 0 fully saturated rings. The number of ether oxygens (including phenoxy) is 1. The molecule has 7 nitrogen and oxygen atoms in total. The van der Waals surface area contributed by atoms with Crippen LogP contribution in [0.2, 0.25) is 0 Å². The summed E-state index contributed by atoms with van der Waals surface area (Å²) in [4.78, 5) is 23.9. The topological polar surface area (TPSA) is 104 Å². The molecule has 0 aliphatic heterocycles. The minimum atomic E-state index is -5.42. The molecule has 0 spiro atoms. The van der Waals surface area contributed by atoms with Gasteiger partial charge in [-0.05, 0) is 24.3 Å². The minimum Gasteiger partial charge on any atom is -0.722 e. The monoisotopic (exact) mass is 467 g/mol. The summed E-state index contributed by atoms with van der Waals surface area (Å²) in [5, 5.41) is 1.61. The second kappa shape index (κ2) is 10.1. The average molecular weight is 467 g/mol. The number of aryl methyl sites for hydroxylation is 1. The summed E-state index contributed by atoms with van der Waals surface area (Å²) in [6.45, 7) is 0. The number of benzene rings is 3. The number of fused-ring (bicyclic) bond motifs is 2. The first-order valence-corrected chi connectivity index (χ1v) is 11.0. The molecule has 0 N–H and O–H groups in total. The molecule has 168 valence electrons. The number of esters is 1. The van der Waals surface area contributed by atoms with Crippen LogP contribution < -0.4 is 9.30 Å². The van der Waals surface area contributed by atoms with Gasteiger partial charge in [-0.15, -0.1) is 3.89 Å². The molecule has 0 bridgehead atoms. The van der Waals surface area contributed by atoms with Gasteiger partial charge in [-0.3, -0.25) is 0 Å². The van der Waals surface area contributed by atoms with Crippen LogP contribution in [0, 0.1) is 0 Å². The summed E-state index contributed by atoms with van der Waals surface area (Å²) in [7, 11) is -3.45. The van der Waals surface area contributed by atoms with Crippen LogP contribution in [-0.2, 0) is 28.8 Å². The smallest absolute Gasteiger partial charge is 0.345 e. The van der Waals surface area contributed by atoms with E-state index in [0.717, 1.165) is 27.4 Å². The second-order valence-electron chi connectivity index (χ2n) is 6.89. The highest BCUT2D eigenvalue weighted by Crippen LogP contribution is 2.28. The molecule has 0 aliphatic rings. The van der Waals surface area contributed by atoms with Crippen molar-refractivity contribution in [2.24, 2.45) is 7.05 Å². The van der Waals surface area contributed by atoms with E-state index in [2.05, 4.69) is 4.57 Å². The van der Waals surface area contributed by atoms with Crippen LogP contribution in [0.25, 0.3) is 21.8 Å². The van der Waals surface area contributed by atoms with E-state index in [1.54, 1.807) is 12.1 Å². The number of aromatic nitrogens is 1. The Balaban J connectivity index is 0.000000555. The van der Waals surface area contributed by atoms with E-state index in [4.69, 9.17) is 17.7 Å². The number of carbonyl (C=O) groups excluding carboxylic acids is 2. The maximum atomic E-state index is 13.2. The summed E-state index contributed by atoms with van der Waals surface area (Å²) >= 11 is 0. The lowest BCUT2D eigenvalue weighted by Crippen LogP contribution is -2.32. The summed E-state index contributed by atoms with van der Waals surface area (Å²) in [6, 6.07) is 22.5. The van der Waals surface area contributed by atoms with Gasteiger partial charge in [0.2, 0.25) is 11.0 Å². The molecule has 0 amide bonds. The number of halogens is 1. The number of hydrogen-bond donors (Lipinski definition) is 0. The molecule has 3 aromatic carbocycles. The molecule has 1 aromatic heterocycles. The van der Waals surface area contributed by atoms with Crippen molar-refractivity contribution in [1.82, 2.24) is 0 Å². The van der Waals surface area contributed by atoms with Gasteiger partial charge in [0.25, 0.3) is 10.5 Å². The molecular formula is C24H18FNO6S. The van der Waals surface area contributed by atoms with Gasteiger partial charge in [0.1, 0.15) is 18.7 Å². The van der Waals surface area contributed by atoms with Gasteiger partial charge < -0.3 is 9.29 Å². The van der Waals surface area contributed by atoms with Gasteiger partial charge in [-0.2, -0.15) is 4.57 Å². The van der Waals surface area contributed by atoms with E-state index >= 15 is 0 Å². The number of carbonyl (C=O) groups is 1. The highest BCUT2D eigenvalue weighted by Gasteiger charge is 2.25. The van der Waals surface area contributed by atoms with Crippen molar-refractivity contribution in [2.45, 2.75) is 6.42 Å². The molecule has 4 aromatic rings. The quantitative estimate of drug-likeness (QED) is 0.0867. The lowest BCUT2D eigenvalue weighted by molar-refractivity contribution is -0.618. The Morgan fingerprint density at radius 1 is 1.03 bits per heavy atom. The Kier molecular flexibility index (Phi) is 7.30. The molecule has 33 heavy (non-hydrogen) atoms. The minimum absolute atomic E-state index is 0.406. The predicted molar refractivity (Wildman–Crippen MR) is 119 cm³/mol. The molecule has 0 radical (unpaired) electrons. The Hall–Kier alpha value is -3.91. The lowest BCUT2D eigenvalue weighted by Gasteiger charge is -2.11. The first kappa shape index (κ1) is 23.7. The fourth-order valence-electron chi connectivity index (χ4n) is 3.62. The van der Waals surface area contributed by atoms with E-state index < -0.39 is 16.5 Å². The van der Waals surface area contributed by atoms with Crippen LogP contribution in [0.4, 0.5) is 3.89 Å². The first-order valence-electron chi connectivity index (χ1n) is 9.65. The normalized spacial score (nSPS) is 10.8. The third-order valence-electron chi connectivity index (χ3n) is 4.82. The number of allylic oxidation sites excluding steroid dienone is 1. The van der Waals surface area contributed by atoms with Gasteiger partial charge in [0.05, 0.1) is 16.3 Å². The highest BCUT2D eigenvalue weighted by atomic mass is 32.3. The standard InChI is InChI=1S/C24H18NO3.FHO3S/c1-25-21-15-6-5-13-19(21)22(24(27)28-18-11-3-2-4-12-18)20-14-7-9-17(23(20)25)10-8-16-26;1-5(2,3)4/h2-9,11-15H,10H2,1H3;(H,2,3,4)/q+1;/p-1. The molecule has 9 heteroatoms. The predicted octanol–water partition coefficient (Wildman–Crippen LogP) is 3.38. The van der Waals surface area contributed by atoms with Gasteiger partial charge >= 0.3 is 5.97 Å². The van der Waals surface area contributed by atoms with Crippen LogP contribution in [0.5, 0.6) is 5.75 Å². The van der Waals surface area contributed by atoms with E-state index in [0.29, 0.717) is 17.7 Å². The van der Waals surface area contributed by atoms with Crippen molar-refractivity contribution in [3.63, 3.8) is 0 Å². The molecule has 0 aliphatic carbocycles. The fourth-order valence-corrected chi connectivity index (χ4v) is 3.62. The SMILES string of the molecule is C[n+]1c2ccccc2c(C(=O)Oc2ccccc2)c2cccc(CC=C=O)c21.O=S(=O)([O-])F. The summed E-state index contributed by atoms with van der Waals surface area (Å²) in [5.41, 5.74) is 3.28. The summed E-state index contributed by atoms with van der Waals surface area (Å²) < 4.78 is 43.0. The molecule has 1 heterocycles. The third-order valence-corrected chi connectivity index (χ3v) is 4.82. The van der Waals surface area contributed by atoms with Gasteiger partial charge in [-0.25, -0.2) is 18.0 Å². The fraction of sp³-hybridized carbons (Fsp3) is 0.0833. The third kappa shape index (κ3) is 5.87. The van der Waals surface area contributed by atoms with Crippen LogP contribution in [-0.4, -0.2) is 24.9 Å². The van der Waals surface area contributed by atoms with Crippen molar-refractivity contribution >= 4 is 44.2 Å². The number of para-hydroxylation sites is 3. The van der Waals surface area contributed by atoms with Crippen molar-refractivity contribution in [3.05, 3.63) is 90.0 Å². The van der Waals surface area contributed by atoms with Crippen LogP contribution in [0.1, 0.15) is 15.9 Å². The van der Waals surface area contributed by atoms with Gasteiger partial charge in [0, 0.05) is 24.1 Å². The van der Waals surface area contributed by atoms with E-state index in [1.165, 1.54) is 6.08 Å². The van der Waals surface area contributed by atoms with Gasteiger partial charge in [0.15, 0.2) is 0 Å². The van der Waals surface area contributed by atoms with Crippen molar-refractivity contribution in [1.29, 1.82) is 0 Å². The van der Waals surface area contributed by atoms with Crippen molar-refractivity contribution < 1.29 is 35.7 Å². The van der Waals surface area contributed by atoms with E-state index in [1.807, 2.05) is 73.7 Å². The second-order valence-corrected chi connectivity index (χ2v) is 7.67. The summed E-state index contributed by atoms with van der Waals surface area (Å²) in [5.74, 6) is 1.92. The Labute approximate surface area is 189 Å². The number of rotatable bonds is 4. The molecule has 0 atom stereocenters. The Morgan fingerprint density at radius 2 is 1.64 bits per heavy atom. The molecular weight excluding hydrogens is 449 g/mol. The Morgan fingerprint density at radius 3 is 2.30 bits per heavy atom. The highest BCUT2D eigenvalue weighted by molar-refractivity contribution is 7.80. The van der Waals surface area contributed by atoms with Crippen molar-refractivity contribution in [2.75, 3.05) is 0 Å². The van der Waals surface area contributed by atoms with Crippen LogP contribution >= 0.6 is 0 Å². The largest absolute Gasteiger partial charge is 0.722 e. The van der Waals surface area contributed by atoms with Gasteiger partial charge in [-0.1, -0.05) is 42.5 Å². The van der Waals surface area contributed by atoms with Crippen LogP contribution in [0.3, 0.4) is 0 Å². The molecule has 4 rings (SSSR count). The molecule has 0 saturated heterocycles. The average Bonchev–Trinajstić information content (AvgIpc) is 2.77. The number of pyridine rings is 1. The zero-order valence-corrected chi connectivity index (χ0v) is 18.2. The van der Waals surface area contributed by atoms with E-state index in [-0.39, 0.29) is 0 Å². The summed E-state index contributed by atoms with van der Waals surface area (Å²) in [6.07, 6.45) is 1.89. The maximum absolute atomic E-state index is 13.2. The van der Waals surface area contributed by atoms with Crippen LogP contribution in [0.15, 0.2) is 78.9 Å². The molecule has 0 unspecified atom stereocenters. The number of nitrogens with zero attached hydrogens (tertiary/aromatic N) is 1. The lowest BCUT2D eigenvalue weighted by atomic mass is 9.98. The first-order chi connectivity index (χ1) is 15.7. The zero-order chi connectivity index (χ0) is 24.0. The zero-order valence-electron chi connectivity index (χ0n) is 17.4. The van der Waals surface area contributed by atoms with Crippen molar-refractivity contribution in [3.8, 4) is 5.75 Å².